The van der Waals surface area contributed by atoms with E-state index in [4.69, 9.17) is 4.74 Å². The molecular formula is C25H30N4OS. The molecular weight excluding hydrogens is 404 g/mol. The number of hydrogen-bond acceptors (Lipinski definition) is 6. The molecule has 3 aromatic rings. The predicted molar refractivity (Wildman–Crippen MR) is 126 cm³/mol. The number of rotatable bonds is 5. The van der Waals surface area contributed by atoms with Gasteiger partial charge in [0.15, 0.2) is 5.82 Å². The summed E-state index contributed by atoms with van der Waals surface area (Å²) in [6.45, 7) is 5.73. The van der Waals surface area contributed by atoms with Crippen LogP contribution in [0.2, 0.25) is 0 Å². The van der Waals surface area contributed by atoms with Crippen molar-refractivity contribution in [3.63, 3.8) is 0 Å². The van der Waals surface area contributed by atoms with E-state index in [2.05, 4.69) is 56.1 Å². The summed E-state index contributed by atoms with van der Waals surface area (Å²) in [6.07, 6.45) is 4.99. The maximum Gasteiger partial charge on any atom is 0.166 e. The predicted octanol–water partition coefficient (Wildman–Crippen LogP) is 4.91. The normalized spacial score (nSPS) is 27.0. The third-order valence-corrected chi connectivity index (χ3v) is 8.38. The molecule has 3 atom stereocenters. The van der Waals surface area contributed by atoms with Crippen LogP contribution in [0.25, 0.3) is 21.3 Å². The van der Waals surface area contributed by atoms with Gasteiger partial charge in [-0.3, -0.25) is 0 Å². The molecule has 2 aliphatic heterocycles. The third-order valence-electron chi connectivity index (χ3n) is 7.46. The van der Waals surface area contributed by atoms with E-state index in [1.54, 1.807) is 11.3 Å². The van der Waals surface area contributed by atoms with Gasteiger partial charge in [0, 0.05) is 49.8 Å². The van der Waals surface area contributed by atoms with Crippen molar-refractivity contribution in [1.29, 1.82) is 0 Å². The number of thiophene rings is 1. The van der Waals surface area contributed by atoms with E-state index in [0.717, 1.165) is 48.0 Å². The molecule has 0 spiro atoms. The monoisotopic (exact) mass is 434 g/mol. The average molecular weight is 435 g/mol. The molecule has 1 saturated carbocycles. The second-order valence-electron chi connectivity index (χ2n) is 9.53. The van der Waals surface area contributed by atoms with E-state index in [0.29, 0.717) is 6.04 Å². The molecule has 2 aromatic heterocycles. The maximum atomic E-state index is 5.53. The molecule has 3 fully saturated rings. The Kier molecular flexibility index (Phi) is 5.38. The highest BCUT2D eigenvalue weighted by Gasteiger charge is 2.41. The Hall–Kier alpha value is -2.02. The van der Waals surface area contributed by atoms with Crippen LogP contribution in [0.4, 0.5) is 5.82 Å². The van der Waals surface area contributed by atoms with Crippen molar-refractivity contribution in [2.24, 2.45) is 17.8 Å². The minimum atomic E-state index is 0.516. The van der Waals surface area contributed by atoms with E-state index >= 15 is 0 Å². The van der Waals surface area contributed by atoms with E-state index in [9.17, 15) is 0 Å². The zero-order valence-electron chi connectivity index (χ0n) is 17.9. The van der Waals surface area contributed by atoms with Crippen molar-refractivity contribution >= 4 is 27.2 Å². The molecule has 1 unspecified atom stereocenters. The first kappa shape index (κ1) is 19.6. The summed E-state index contributed by atoms with van der Waals surface area (Å²) >= 11 is 1.76. The number of hydrogen-bond donors (Lipinski definition) is 1. The minimum absolute atomic E-state index is 0.516. The fourth-order valence-corrected chi connectivity index (χ4v) is 6.78. The Bertz CT molecular complexity index is 1020. The van der Waals surface area contributed by atoms with Gasteiger partial charge in [-0.05, 0) is 54.9 Å². The molecule has 5 nitrogen and oxygen atoms in total. The zero-order chi connectivity index (χ0) is 20.6. The van der Waals surface area contributed by atoms with Crippen LogP contribution in [0.5, 0.6) is 0 Å². The fraction of sp³-hybridized carbons (Fsp3) is 0.520. The van der Waals surface area contributed by atoms with Crippen molar-refractivity contribution in [3.8, 4) is 11.3 Å². The first-order valence-electron chi connectivity index (χ1n) is 11.7. The van der Waals surface area contributed by atoms with Crippen LogP contribution < -0.4 is 5.32 Å². The van der Waals surface area contributed by atoms with Crippen molar-refractivity contribution in [1.82, 2.24) is 15.1 Å². The maximum absolute atomic E-state index is 5.53. The molecule has 3 aliphatic rings. The average Bonchev–Trinajstić information content (AvgIpc) is 3.51. The molecule has 6 rings (SSSR count). The summed E-state index contributed by atoms with van der Waals surface area (Å²) in [6, 6.07) is 13.1. The summed E-state index contributed by atoms with van der Waals surface area (Å²) in [5, 5.41) is 16.4. The zero-order valence-corrected chi connectivity index (χ0v) is 18.7. The second-order valence-corrected chi connectivity index (χ2v) is 10.4. The van der Waals surface area contributed by atoms with E-state index < -0.39 is 0 Å². The molecule has 0 radical (unpaired) electrons. The lowest BCUT2D eigenvalue weighted by molar-refractivity contribution is 0.0545. The highest BCUT2D eigenvalue weighted by molar-refractivity contribution is 7.17. The Balaban J connectivity index is 1.12. The number of anilines is 1. The molecule has 6 heteroatoms. The Labute approximate surface area is 187 Å². The van der Waals surface area contributed by atoms with E-state index in [1.165, 1.54) is 55.4 Å². The van der Waals surface area contributed by atoms with Gasteiger partial charge in [-0.15, -0.1) is 21.5 Å². The topological polar surface area (TPSA) is 50.3 Å². The summed E-state index contributed by atoms with van der Waals surface area (Å²) in [5.41, 5.74) is 2.11. The van der Waals surface area contributed by atoms with Gasteiger partial charge in [0.05, 0.1) is 4.70 Å². The van der Waals surface area contributed by atoms with Crippen LogP contribution in [-0.2, 0) is 4.74 Å². The number of likely N-dealkylation sites (tertiary alicyclic amines) is 1. The highest BCUT2D eigenvalue weighted by atomic mass is 32.1. The van der Waals surface area contributed by atoms with Crippen LogP contribution in [0.1, 0.15) is 25.7 Å². The fourth-order valence-electron chi connectivity index (χ4n) is 5.93. The number of ether oxygens (including phenoxy) is 1. The molecule has 1 aliphatic carbocycles. The molecule has 31 heavy (non-hydrogen) atoms. The standard InChI is InChI=1S/C25H30N4OS/c1-2-4-18(5-3-1)23-22-8-11-31-24(22)25(28-27-23)26-21-12-19-15-29(16-20(19)13-21)14-17-6-9-30-10-7-17/h1-5,8,11,17,19-21H,6-7,9-10,12-16H2,(H,26,28)/t19-,20?,21+/m1/s1. The van der Waals surface area contributed by atoms with Gasteiger partial charge >= 0.3 is 0 Å². The van der Waals surface area contributed by atoms with Crippen molar-refractivity contribution in [2.75, 3.05) is 38.2 Å². The van der Waals surface area contributed by atoms with Crippen LogP contribution >= 0.6 is 11.3 Å². The summed E-state index contributed by atoms with van der Waals surface area (Å²) < 4.78 is 6.76. The van der Waals surface area contributed by atoms with Gasteiger partial charge in [-0.25, -0.2) is 0 Å². The van der Waals surface area contributed by atoms with Gasteiger partial charge in [0.2, 0.25) is 0 Å². The van der Waals surface area contributed by atoms with Crippen molar-refractivity contribution in [3.05, 3.63) is 41.8 Å². The Morgan fingerprint density at radius 3 is 2.55 bits per heavy atom. The lowest BCUT2D eigenvalue weighted by atomic mass is 10.00. The van der Waals surface area contributed by atoms with Crippen molar-refractivity contribution in [2.45, 2.75) is 31.7 Å². The third kappa shape index (κ3) is 3.97. The van der Waals surface area contributed by atoms with Crippen LogP contribution in [0, 0.1) is 17.8 Å². The summed E-state index contributed by atoms with van der Waals surface area (Å²) in [5.74, 6) is 3.46. The second kappa shape index (κ2) is 8.49. The summed E-state index contributed by atoms with van der Waals surface area (Å²) in [7, 11) is 0. The number of nitrogens with zero attached hydrogens (tertiary/aromatic N) is 3. The van der Waals surface area contributed by atoms with Gasteiger partial charge in [-0.2, -0.15) is 0 Å². The van der Waals surface area contributed by atoms with Crippen molar-refractivity contribution < 1.29 is 4.74 Å². The number of nitrogens with one attached hydrogen (secondary N) is 1. The molecule has 0 bridgehead atoms. The number of fused-ring (bicyclic) bond motifs is 2. The summed E-state index contributed by atoms with van der Waals surface area (Å²) in [4.78, 5) is 2.73. The molecule has 4 heterocycles. The van der Waals surface area contributed by atoms with Gasteiger partial charge in [0.25, 0.3) is 0 Å². The van der Waals surface area contributed by atoms with Gasteiger partial charge in [-0.1, -0.05) is 30.3 Å². The molecule has 1 N–H and O–H groups in total. The SMILES string of the molecule is c1ccc(-c2nnc(N[C@@H]3CC4CN(CC5CCOCC5)C[C@H]4C3)c3sccc23)cc1. The largest absolute Gasteiger partial charge is 0.381 e. The molecule has 2 saturated heterocycles. The first-order chi connectivity index (χ1) is 15.3. The van der Waals surface area contributed by atoms with E-state index in [1.807, 2.05) is 6.07 Å². The van der Waals surface area contributed by atoms with E-state index in [-0.39, 0.29) is 0 Å². The molecule has 1 aromatic carbocycles. The molecule has 162 valence electrons. The first-order valence-corrected chi connectivity index (χ1v) is 12.6. The quantitative estimate of drug-likeness (QED) is 0.618. The lowest BCUT2D eigenvalue weighted by Gasteiger charge is -2.27. The van der Waals surface area contributed by atoms with Gasteiger partial charge in [0.1, 0.15) is 5.69 Å². The van der Waals surface area contributed by atoms with Gasteiger partial charge < -0.3 is 15.0 Å². The van der Waals surface area contributed by atoms with Crippen LogP contribution in [-0.4, -0.2) is 54.0 Å². The van der Waals surface area contributed by atoms with Crippen LogP contribution in [0.15, 0.2) is 41.8 Å². The highest BCUT2D eigenvalue weighted by Crippen LogP contribution is 2.41. The smallest absolute Gasteiger partial charge is 0.166 e. The number of benzene rings is 1. The Morgan fingerprint density at radius 1 is 1.00 bits per heavy atom. The number of aromatic nitrogens is 2. The Morgan fingerprint density at radius 2 is 1.77 bits per heavy atom. The molecule has 0 amide bonds. The lowest BCUT2D eigenvalue weighted by Crippen LogP contribution is -2.32. The minimum Gasteiger partial charge on any atom is -0.381 e. The van der Waals surface area contributed by atoms with Crippen LogP contribution in [0.3, 0.4) is 0 Å².